The molecule has 0 aliphatic carbocycles. The van der Waals surface area contributed by atoms with E-state index in [0.717, 1.165) is 44.9 Å². The van der Waals surface area contributed by atoms with E-state index in [-0.39, 0.29) is 23.7 Å². The van der Waals surface area contributed by atoms with Crippen molar-refractivity contribution in [2.45, 2.75) is 174 Å². The fourth-order valence-corrected chi connectivity index (χ4v) is 4.95. The Labute approximate surface area is 241 Å². The molecule has 230 valence electrons. The van der Waals surface area contributed by atoms with Crippen molar-refractivity contribution in [1.82, 2.24) is 10.6 Å². The molecule has 0 aliphatic rings. The summed E-state index contributed by atoms with van der Waals surface area (Å²) in [5, 5.41) is 6.02. The van der Waals surface area contributed by atoms with Crippen LogP contribution in [0.2, 0.25) is 0 Å². The Kier molecular flexibility index (Phi) is 26.8. The van der Waals surface area contributed by atoms with Crippen LogP contribution in [0.1, 0.15) is 168 Å². The normalized spacial score (nSPS) is 12.6. The van der Waals surface area contributed by atoms with Gasteiger partial charge < -0.3 is 15.4 Å². The number of ether oxygens (including phenoxy) is 1. The van der Waals surface area contributed by atoms with Crippen molar-refractivity contribution in [1.29, 1.82) is 0 Å². The van der Waals surface area contributed by atoms with E-state index in [2.05, 4.69) is 22.3 Å². The lowest BCUT2D eigenvalue weighted by Crippen LogP contribution is -2.50. The Morgan fingerprint density at radius 2 is 1.05 bits per heavy atom. The zero-order valence-corrected chi connectivity index (χ0v) is 26.3. The van der Waals surface area contributed by atoms with Gasteiger partial charge in [0.05, 0.1) is 7.11 Å². The summed E-state index contributed by atoms with van der Waals surface area (Å²) in [6.07, 6.45) is 26.4. The van der Waals surface area contributed by atoms with Gasteiger partial charge in [0, 0.05) is 19.4 Å². The van der Waals surface area contributed by atoms with Gasteiger partial charge in [0.1, 0.15) is 6.04 Å². The molecule has 2 atom stereocenters. The molecule has 0 heterocycles. The molecule has 0 fully saturated rings. The first-order valence-electron chi connectivity index (χ1n) is 16.6. The summed E-state index contributed by atoms with van der Waals surface area (Å²) < 4.78 is 4.64. The topological polar surface area (TPSA) is 84.5 Å². The summed E-state index contributed by atoms with van der Waals surface area (Å²) in [7, 11) is 1.40. The Bertz CT molecular complexity index is 596. The molecule has 2 amide bonds. The number of nitrogens with one attached hydrogen (secondary N) is 2. The summed E-state index contributed by atoms with van der Waals surface area (Å²) >= 11 is 0. The number of hydrogen-bond acceptors (Lipinski definition) is 4. The minimum atomic E-state index is -0.470. The summed E-state index contributed by atoms with van der Waals surface area (Å²) in [4.78, 5) is 36.4. The third kappa shape index (κ3) is 24.0. The predicted molar refractivity (Wildman–Crippen MR) is 164 cm³/mol. The Morgan fingerprint density at radius 3 is 1.51 bits per heavy atom. The monoisotopic (exact) mass is 552 g/mol. The lowest BCUT2D eigenvalue weighted by molar-refractivity contribution is -0.140. The Balaban J connectivity index is 3.79. The maximum Gasteiger partial charge on any atom is 0.305 e. The van der Waals surface area contributed by atoms with Crippen molar-refractivity contribution in [3.63, 3.8) is 0 Å². The third-order valence-electron chi connectivity index (χ3n) is 7.90. The van der Waals surface area contributed by atoms with Gasteiger partial charge in [0.15, 0.2) is 0 Å². The molecule has 0 unspecified atom stereocenters. The number of amides is 2. The molecule has 0 aromatic carbocycles. The highest BCUT2D eigenvalue weighted by Gasteiger charge is 2.25. The van der Waals surface area contributed by atoms with Gasteiger partial charge >= 0.3 is 5.97 Å². The van der Waals surface area contributed by atoms with E-state index >= 15 is 0 Å². The first kappa shape index (κ1) is 37.4. The van der Waals surface area contributed by atoms with Crippen LogP contribution in [-0.4, -0.2) is 37.5 Å². The molecular formula is C33H64N2O4. The molecule has 0 radical (unpaired) electrons. The molecule has 6 heteroatoms. The van der Waals surface area contributed by atoms with Gasteiger partial charge in [-0.3, -0.25) is 14.4 Å². The lowest BCUT2D eigenvalue weighted by atomic mass is 9.98. The molecule has 0 saturated carbocycles. The van der Waals surface area contributed by atoms with Crippen LogP contribution in [0.3, 0.4) is 0 Å². The quantitative estimate of drug-likeness (QED) is 0.0754. The number of unbranched alkanes of at least 4 members (excludes halogenated alkanes) is 18. The number of esters is 1. The van der Waals surface area contributed by atoms with Crippen LogP contribution >= 0.6 is 0 Å². The number of carbonyl (C=O) groups is 3. The second kappa shape index (κ2) is 28.0. The van der Waals surface area contributed by atoms with Crippen LogP contribution in [0, 0.1) is 5.92 Å². The molecule has 2 N–H and O–H groups in total. The van der Waals surface area contributed by atoms with Crippen LogP contribution in [0.4, 0.5) is 0 Å². The predicted octanol–water partition coefficient (Wildman–Crippen LogP) is 8.41. The van der Waals surface area contributed by atoms with Gasteiger partial charge in [-0.2, -0.15) is 0 Å². The minimum absolute atomic E-state index is 0.0586. The van der Waals surface area contributed by atoms with Crippen LogP contribution in [0.5, 0.6) is 0 Å². The van der Waals surface area contributed by atoms with Gasteiger partial charge in [-0.05, 0) is 25.2 Å². The SMILES string of the molecule is CCCCCCCCCCCCCCCCCCNC(=O)[C@@H](NC(=O)CCCCCCC(=O)OC)[C@@H](C)CC. The number of rotatable bonds is 28. The molecule has 0 rings (SSSR count). The number of methoxy groups -OCH3 is 1. The average molecular weight is 553 g/mol. The fourth-order valence-electron chi connectivity index (χ4n) is 4.95. The van der Waals surface area contributed by atoms with Crippen molar-refractivity contribution in [2.24, 2.45) is 5.92 Å². The van der Waals surface area contributed by atoms with E-state index in [1.165, 1.54) is 97.0 Å². The molecular weight excluding hydrogens is 488 g/mol. The van der Waals surface area contributed by atoms with Gasteiger partial charge in [-0.1, -0.05) is 136 Å². The van der Waals surface area contributed by atoms with Crippen molar-refractivity contribution in [3.05, 3.63) is 0 Å². The fraction of sp³-hybridized carbons (Fsp3) is 0.909. The summed E-state index contributed by atoms with van der Waals surface area (Å²) in [6.45, 7) is 7.03. The third-order valence-corrected chi connectivity index (χ3v) is 7.90. The Morgan fingerprint density at radius 1 is 0.615 bits per heavy atom. The van der Waals surface area contributed by atoms with E-state index in [1.54, 1.807) is 0 Å². The highest BCUT2D eigenvalue weighted by molar-refractivity contribution is 5.87. The van der Waals surface area contributed by atoms with Gasteiger partial charge in [-0.15, -0.1) is 0 Å². The molecule has 0 aromatic rings. The van der Waals surface area contributed by atoms with Crippen LogP contribution in [0.25, 0.3) is 0 Å². The number of carbonyl (C=O) groups excluding carboxylic acids is 3. The van der Waals surface area contributed by atoms with E-state index < -0.39 is 6.04 Å². The van der Waals surface area contributed by atoms with Gasteiger partial charge in [-0.25, -0.2) is 0 Å². The lowest BCUT2D eigenvalue weighted by Gasteiger charge is -2.23. The number of hydrogen-bond donors (Lipinski definition) is 2. The van der Waals surface area contributed by atoms with E-state index in [0.29, 0.717) is 19.4 Å². The van der Waals surface area contributed by atoms with Crippen molar-refractivity contribution < 1.29 is 19.1 Å². The standard InChI is InChI=1S/C33H64N2O4/c1-5-7-8-9-10-11-12-13-14-15-16-17-18-19-22-25-28-34-33(38)32(29(3)6-2)35-30(36)26-23-20-21-24-27-31(37)39-4/h29,32H,5-28H2,1-4H3,(H,34,38)(H,35,36)/t29-,32-/m0/s1. The maximum absolute atomic E-state index is 12.8. The zero-order chi connectivity index (χ0) is 29.0. The molecule has 0 aliphatic heterocycles. The molecule has 0 saturated heterocycles. The second-order valence-electron chi connectivity index (χ2n) is 11.5. The Hall–Kier alpha value is -1.59. The molecule has 0 bridgehead atoms. The minimum Gasteiger partial charge on any atom is -0.469 e. The van der Waals surface area contributed by atoms with Gasteiger partial charge in [0.25, 0.3) is 0 Å². The van der Waals surface area contributed by atoms with Crippen LogP contribution < -0.4 is 10.6 Å². The molecule has 0 aromatic heterocycles. The second-order valence-corrected chi connectivity index (χ2v) is 11.5. The maximum atomic E-state index is 12.8. The average Bonchev–Trinajstić information content (AvgIpc) is 2.94. The first-order valence-corrected chi connectivity index (χ1v) is 16.6. The summed E-state index contributed by atoms with van der Waals surface area (Å²) in [5.74, 6) is -0.211. The van der Waals surface area contributed by atoms with E-state index in [9.17, 15) is 14.4 Å². The van der Waals surface area contributed by atoms with Crippen molar-refractivity contribution >= 4 is 17.8 Å². The summed E-state index contributed by atoms with van der Waals surface area (Å²) in [5.41, 5.74) is 0. The van der Waals surface area contributed by atoms with Gasteiger partial charge in [0.2, 0.25) is 11.8 Å². The zero-order valence-electron chi connectivity index (χ0n) is 26.3. The summed E-state index contributed by atoms with van der Waals surface area (Å²) in [6, 6.07) is -0.470. The molecule has 6 nitrogen and oxygen atoms in total. The molecule has 0 spiro atoms. The molecule has 39 heavy (non-hydrogen) atoms. The van der Waals surface area contributed by atoms with E-state index in [1.807, 2.05) is 13.8 Å². The highest BCUT2D eigenvalue weighted by atomic mass is 16.5. The van der Waals surface area contributed by atoms with Crippen molar-refractivity contribution in [3.8, 4) is 0 Å². The van der Waals surface area contributed by atoms with Crippen LogP contribution in [0.15, 0.2) is 0 Å². The smallest absolute Gasteiger partial charge is 0.305 e. The van der Waals surface area contributed by atoms with Crippen molar-refractivity contribution in [2.75, 3.05) is 13.7 Å². The van der Waals surface area contributed by atoms with E-state index in [4.69, 9.17) is 0 Å². The highest BCUT2D eigenvalue weighted by Crippen LogP contribution is 2.14. The largest absolute Gasteiger partial charge is 0.469 e. The first-order chi connectivity index (χ1) is 19.0. The van der Waals surface area contributed by atoms with Crippen LogP contribution in [-0.2, 0) is 19.1 Å².